The van der Waals surface area contributed by atoms with Crippen LogP contribution >= 0.6 is 0 Å². The summed E-state index contributed by atoms with van der Waals surface area (Å²) in [6.45, 7) is 12.5. The second-order valence-corrected chi connectivity index (χ2v) is 8.58. The molecule has 0 spiro atoms. The molecule has 1 heteroatoms. The number of H-pyrrole nitrogens is 1. The Labute approximate surface area is 202 Å². The number of nitrogens with one attached hydrogen (secondary N) is 1. The molecule has 0 saturated heterocycles. The first-order chi connectivity index (χ1) is 16.7. The van der Waals surface area contributed by atoms with Crippen molar-refractivity contribution in [1.29, 1.82) is 0 Å². The fourth-order valence-corrected chi connectivity index (χ4v) is 5.67. The van der Waals surface area contributed by atoms with Crippen molar-refractivity contribution in [3.63, 3.8) is 0 Å². The second-order valence-electron chi connectivity index (χ2n) is 8.58. The summed E-state index contributed by atoms with van der Waals surface area (Å²) < 4.78 is 0. The molecule has 1 nitrogen and oxygen atoms in total. The zero-order valence-corrected chi connectivity index (χ0v) is 19.8. The largest absolute Gasteiger partial charge is 0.355 e. The van der Waals surface area contributed by atoms with E-state index in [4.69, 9.17) is 0 Å². The van der Waals surface area contributed by atoms with Gasteiger partial charge in [-0.25, -0.2) is 0 Å². The monoisotopic (exact) mass is 439 g/mol. The molecule has 0 radical (unpaired) electrons. The van der Waals surface area contributed by atoms with E-state index in [1.165, 1.54) is 44.3 Å². The molecule has 0 saturated carbocycles. The number of aromatic amines is 1. The first-order valence-corrected chi connectivity index (χ1v) is 11.8. The highest BCUT2D eigenvalue weighted by Gasteiger charge is 2.47. The summed E-state index contributed by atoms with van der Waals surface area (Å²) in [4.78, 5) is 3.58. The Kier molecular flexibility index (Phi) is 5.55. The molecule has 0 unspecified atom stereocenters. The SMILES string of the molecule is C=CC1=C(/C=C\C)C(c2ccccc2)(c2ccccc2)c2ccc3[nH]c(C=C)c(/C=C\C)c3c21. The maximum absolute atomic E-state index is 4.30. The molecule has 5 rings (SSSR count). The molecule has 0 bridgehead atoms. The lowest BCUT2D eigenvalue weighted by atomic mass is 9.66. The Morgan fingerprint density at radius 2 is 1.35 bits per heavy atom. The average molecular weight is 440 g/mol. The summed E-state index contributed by atoms with van der Waals surface area (Å²) in [7, 11) is 0. The van der Waals surface area contributed by atoms with Gasteiger partial charge >= 0.3 is 0 Å². The van der Waals surface area contributed by atoms with Crippen molar-refractivity contribution in [2.24, 2.45) is 0 Å². The maximum Gasteiger partial charge on any atom is 0.0713 e. The Morgan fingerprint density at radius 1 is 0.735 bits per heavy atom. The van der Waals surface area contributed by atoms with Gasteiger partial charge in [0.1, 0.15) is 0 Å². The van der Waals surface area contributed by atoms with Crippen LogP contribution in [0.3, 0.4) is 0 Å². The molecule has 1 aliphatic carbocycles. The first kappa shape index (κ1) is 21.7. The molecule has 166 valence electrons. The van der Waals surface area contributed by atoms with Crippen LogP contribution in [0.15, 0.2) is 116 Å². The predicted octanol–water partition coefficient (Wildman–Crippen LogP) is 8.71. The van der Waals surface area contributed by atoms with Crippen molar-refractivity contribution >= 4 is 28.6 Å². The number of aromatic nitrogens is 1. The van der Waals surface area contributed by atoms with E-state index >= 15 is 0 Å². The van der Waals surface area contributed by atoms with Gasteiger partial charge in [-0.1, -0.05) is 110 Å². The molecule has 1 N–H and O–H groups in total. The minimum absolute atomic E-state index is 0.444. The zero-order chi connectivity index (χ0) is 23.7. The van der Waals surface area contributed by atoms with Gasteiger partial charge in [0.25, 0.3) is 0 Å². The number of allylic oxidation sites excluding steroid dienone is 6. The Balaban J connectivity index is 2.05. The smallest absolute Gasteiger partial charge is 0.0713 e. The van der Waals surface area contributed by atoms with Gasteiger partial charge in [0.05, 0.1) is 5.41 Å². The summed E-state index contributed by atoms with van der Waals surface area (Å²) in [6.07, 6.45) is 12.6. The van der Waals surface area contributed by atoms with E-state index in [0.717, 1.165) is 11.2 Å². The van der Waals surface area contributed by atoms with E-state index in [1.54, 1.807) is 0 Å². The van der Waals surface area contributed by atoms with E-state index in [-0.39, 0.29) is 0 Å². The van der Waals surface area contributed by atoms with Gasteiger partial charge in [0, 0.05) is 22.2 Å². The Hall–Kier alpha value is -4.10. The van der Waals surface area contributed by atoms with Crippen molar-refractivity contribution in [1.82, 2.24) is 4.98 Å². The van der Waals surface area contributed by atoms with Crippen LogP contribution in [0.1, 0.15) is 47.4 Å². The van der Waals surface area contributed by atoms with Crippen LogP contribution in [0, 0.1) is 0 Å². The summed E-state index contributed by atoms with van der Waals surface area (Å²) in [5, 5.41) is 1.22. The highest BCUT2D eigenvalue weighted by Crippen LogP contribution is 2.57. The number of hydrogen-bond donors (Lipinski definition) is 1. The number of fused-ring (bicyclic) bond motifs is 3. The number of benzene rings is 3. The van der Waals surface area contributed by atoms with Gasteiger partial charge in [-0.15, -0.1) is 0 Å². The summed E-state index contributed by atoms with van der Waals surface area (Å²) in [5.74, 6) is 0. The van der Waals surface area contributed by atoms with E-state index < -0.39 is 5.41 Å². The molecular formula is C33H29N. The van der Waals surface area contributed by atoms with Crippen LogP contribution in [0.25, 0.3) is 28.6 Å². The second kappa shape index (κ2) is 8.68. The van der Waals surface area contributed by atoms with Crippen LogP contribution in [-0.4, -0.2) is 4.98 Å². The molecule has 1 heterocycles. The molecule has 1 aliphatic rings. The molecule has 0 aliphatic heterocycles. The summed E-state index contributed by atoms with van der Waals surface area (Å²) in [5.41, 5.74) is 10.3. The topological polar surface area (TPSA) is 15.8 Å². The first-order valence-electron chi connectivity index (χ1n) is 11.8. The van der Waals surface area contributed by atoms with Crippen LogP contribution in [0.4, 0.5) is 0 Å². The third kappa shape index (κ3) is 2.94. The quantitative estimate of drug-likeness (QED) is 0.309. The molecule has 4 aromatic rings. The molecule has 1 aromatic heterocycles. The zero-order valence-electron chi connectivity index (χ0n) is 19.8. The van der Waals surface area contributed by atoms with Crippen molar-refractivity contribution in [2.45, 2.75) is 19.3 Å². The van der Waals surface area contributed by atoms with Gasteiger partial charge in [-0.2, -0.15) is 0 Å². The summed E-state index contributed by atoms with van der Waals surface area (Å²) in [6, 6.07) is 26.2. The highest BCUT2D eigenvalue weighted by molar-refractivity contribution is 6.08. The standard InChI is InChI=1S/C33H29N/c1-5-15-26-29(8-4)34-30-22-21-28-31(32(26)30)25(7-3)27(16-6-2)33(28,23-17-11-9-12-18-23)24-19-13-10-14-20-24/h5-22,34H,3-4H2,1-2H3/b15-5-,16-6-. The van der Waals surface area contributed by atoms with Crippen molar-refractivity contribution in [2.75, 3.05) is 0 Å². The lowest BCUT2D eigenvalue weighted by Gasteiger charge is -2.35. The number of rotatable bonds is 6. The van der Waals surface area contributed by atoms with Gasteiger partial charge in [-0.05, 0) is 59.4 Å². The highest BCUT2D eigenvalue weighted by atomic mass is 14.7. The molecule has 0 amide bonds. The fourth-order valence-electron chi connectivity index (χ4n) is 5.67. The van der Waals surface area contributed by atoms with Crippen molar-refractivity contribution in [3.8, 4) is 0 Å². The van der Waals surface area contributed by atoms with Crippen LogP contribution in [-0.2, 0) is 5.41 Å². The minimum atomic E-state index is -0.444. The summed E-state index contributed by atoms with van der Waals surface area (Å²) >= 11 is 0. The van der Waals surface area contributed by atoms with Gasteiger partial charge in [0.2, 0.25) is 0 Å². The number of hydrogen-bond acceptors (Lipinski definition) is 0. The van der Waals surface area contributed by atoms with Gasteiger partial charge in [-0.3, -0.25) is 0 Å². The molecule has 0 fully saturated rings. The molecule has 34 heavy (non-hydrogen) atoms. The van der Waals surface area contributed by atoms with E-state index in [1.807, 2.05) is 12.2 Å². The molecular weight excluding hydrogens is 410 g/mol. The van der Waals surface area contributed by atoms with E-state index in [9.17, 15) is 0 Å². The van der Waals surface area contributed by atoms with E-state index in [0.29, 0.717) is 0 Å². The Bertz CT molecular complexity index is 1430. The van der Waals surface area contributed by atoms with Crippen LogP contribution < -0.4 is 0 Å². The predicted molar refractivity (Wildman–Crippen MR) is 148 cm³/mol. The maximum atomic E-state index is 4.30. The van der Waals surface area contributed by atoms with Crippen LogP contribution in [0.5, 0.6) is 0 Å². The van der Waals surface area contributed by atoms with E-state index in [2.05, 4.69) is 129 Å². The van der Waals surface area contributed by atoms with Crippen molar-refractivity contribution in [3.05, 3.63) is 149 Å². The molecule has 0 atom stereocenters. The van der Waals surface area contributed by atoms with Crippen molar-refractivity contribution < 1.29 is 0 Å². The lowest BCUT2D eigenvalue weighted by molar-refractivity contribution is 0.762. The lowest BCUT2D eigenvalue weighted by Crippen LogP contribution is -2.29. The van der Waals surface area contributed by atoms with Gasteiger partial charge in [0.15, 0.2) is 0 Å². The third-order valence-electron chi connectivity index (χ3n) is 6.89. The minimum Gasteiger partial charge on any atom is -0.355 e. The van der Waals surface area contributed by atoms with Gasteiger partial charge < -0.3 is 4.98 Å². The fraction of sp³-hybridized carbons (Fsp3) is 0.0909. The van der Waals surface area contributed by atoms with Crippen LogP contribution in [0.2, 0.25) is 0 Å². The Morgan fingerprint density at radius 3 is 1.88 bits per heavy atom. The normalized spacial score (nSPS) is 14.9. The third-order valence-corrected chi connectivity index (χ3v) is 6.89. The average Bonchev–Trinajstić information content (AvgIpc) is 3.38. The molecule has 3 aromatic carbocycles.